The fourth-order valence-electron chi connectivity index (χ4n) is 2.64. The van der Waals surface area contributed by atoms with Crippen LogP contribution in [0.5, 0.6) is 5.75 Å². The molecule has 3 rings (SSSR count). The van der Waals surface area contributed by atoms with E-state index in [1.54, 1.807) is 0 Å². The molecule has 0 unspecified atom stereocenters. The Morgan fingerprint density at radius 1 is 1.21 bits per heavy atom. The average Bonchev–Trinajstić information content (AvgIpc) is 2.48. The first kappa shape index (κ1) is 12.4. The van der Waals surface area contributed by atoms with Crippen LogP contribution in [0, 0.1) is 5.92 Å². The highest BCUT2D eigenvalue weighted by atomic mass is 16.5. The Hall–Kier alpha value is -1.61. The van der Waals surface area contributed by atoms with Gasteiger partial charge >= 0.3 is 0 Å². The molecule has 19 heavy (non-hydrogen) atoms. The molecule has 0 spiro atoms. The summed E-state index contributed by atoms with van der Waals surface area (Å²) in [6.45, 7) is 3.11. The van der Waals surface area contributed by atoms with E-state index in [0.717, 1.165) is 48.7 Å². The van der Waals surface area contributed by atoms with Gasteiger partial charge in [-0.05, 0) is 50.4 Å². The molecule has 1 aromatic carbocycles. The molecule has 1 N–H and O–H groups in total. The summed E-state index contributed by atoms with van der Waals surface area (Å²) in [5, 5.41) is 4.53. The van der Waals surface area contributed by atoms with Crippen LogP contribution in [0.3, 0.4) is 0 Å². The number of hydrogen-bond acceptors (Lipinski definition) is 3. The van der Waals surface area contributed by atoms with E-state index in [9.17, 15) is 0 Å². The minimum absolute atomic E-state index is 0.796. The van der Waals surface area contributed by atoms with Crippen molar-refractivity contribution >= 4 is 10.9 Å². The van der Waals surface area contributed by atoms with Crippen molar-refractivity contribution in [1.82, 2.24) is 10.3 Å². The fourth-order valence-corrected chi connectivity index (χ4v) is 2.64. The van der Waals surface area contributed by atoms with Crippen LogP contribution in [0.1, 0.15) is 19.3 Å². The normalized spacial score (nSPS) is 16.6. The maximum atomic E-state index is 5.83. The summed E-state index contributed by atoms with van der Waals surface area (Å²) in [5.41, 5.74) is 1.02. The third-order valence-electron chi connectivity index (χ3n) is 3.82. The summed E-state index contributed by atoms with van der Waals surface area (Å²) in [6.07, 6.45) is 5.53. The summed E-state index contributed by atoms with van der Waals surface area (Å²) >= 11 is 0. The molecule has 2 aromatic rings. The predicted octanol–water partition coefficient (Wildman–Crippen LogP) is 3.00. The number of fused-ring (bicyclic) bond motifs is 1. The molecular weight excluding hydrogens is 236 g/mol. The summed E-state index contributed by atoms with van der Waals surface area (Å²) in [6, 6.07) is 10.2. The number of nitrogens with one attached hydrogen (secondary N) is 1. The Kier molecular flexibility index (Phi) is 3.94. The van der Waals surface area contributed by atoms with Crippen molar-refractivity contribution in [2.24, 2.45) is 5.92 Å². The highest BCUT2D eigenvalue weighted by Gasteiger charge is 2.12. The van der Waals surface area contributed by atoms with Gasteiger partial charge in [-0.3, -0.25) is 4.98 Å². The molecule has 3 nitrogen and oxygen atoms in total. The second-order valence-corrected chi connectivity index (χ2v) is 5.19. The smallest absolute Gasteiger partial charge is 0.138 e. The number of ether oxygens (including phenoxy) is 1. The zero-order chi connectivity index (χ0) is 12.9. The number of aromatic nitrogens is 1. The summed E-state index contributed by atoms with van der Waals surface area (Å²) in [5.74, 6) is 1.70. The molecule has 1 aliphatic rings. The zero-order valence-corrected chi connectivity index (χ0v) is 11.1. The van der Waals surface area contributed by atoms with E-state index in [-0.39, 0.29) is 0 Å². The minimum atomic E-state index is 0.796. The van der Waals surface area contributed by atoms with Gasteiger partial charge in [0.1, 0.15) is 5.75 Å². The van der Waals surface area contributed by atoms with Gasteiger partial charge in [-0.15, -0.1) is 0 Å². The third kappa shape index (κ3) is 3.24. The van der Waals surface area contributed by atoms with E-state index in [0.29, 0.717) is 0 Å². The number of piperidine rings is 1. The Balaban J connectivity index is 1.56. The van der Waals surface area contributed by atoms with Gasteiger partial charge in [0.05, 0.1) is 18.3 Å². The lowest BCUT2D eigenvalue weighted by Gasteiger charge is -2.22. The molecule has 0 saturated carbocycles. The Bertz CT molecular complexity index is 535. The van der Waals surface area contributed by atoms with Crippen molar-refractivity contribution in [3.63, 3.8) is 0 Å². The van der Waals surface area contributed by atoms with E-state index < -0.39 is 0 Å². The van der Waals surface area contributed by atoms with E-state index in [4.69, 9.17) is 4.74 Å². The predicted molar refractivity (Wildman–Crippen MR) is 77.4 cm³/mol. The molecule has 0 atom stereocenters. The molecule has 2 heterocycles. The van der Waals surface area contributed by atoms with E-state index in [1.807, 2.05) is 24.4 Å². The zero-order valence-electron chi connectivity index (χ0n) is 11.1. The second kappa shape index (κ2) is 6.02. The van der Waals surface area contributed by atoms with Crippen LogP contribution < -0.4 is 10.1 Å². The standard InChI is InChI=1S/C16H20N2O/c1-2-4-16-14(3-1)11-15(12-18-16)19-10-7-13-5-8-17-9-6-13/h1-4,11-13,17H,5-10H2. The van der Waals surface area contributed by atoms with E-state index >= 15 is 0 Å². The Morgan fingerprint density at radius 2 is 2.05 bits per heavy atom. The lowest BCUT2D eigenvalue weighted by molar-refractivity contribution is 0.251. The summed E-state index contributed by atoms with van der Waals surface area (Å²) in [7, 11) is 0. The molecule has 100 valence electrons. The van der Waals surface area contributed by atoms with Gasteiger partial charge in [-0.25, -0.2) is 0 Å². The van der Waals surface area contributed by atoms with E-state index in [2.05, 4.69) is 22.4 Å². The van der Waals surface area contributed by atoms with Crippen LogP contribution in [0.4, 0.5) is 0 Å². The first-order valence-corrected chi connectivity index (χ1v) is 7.10. The topological polar surface area (TPSA) is 34.1 Å². The molecular formula is C16H20N2O. The van der Waals surface area contributed by atoms with Crippen LogP contribution in [0.25, 0.3) is 10.9 Å². The molecule has 1 aromatic heterocycles. The maximum Gasteiger partial charge on any atom is 0.138 e. The Labute approximate surface area is 114 Å². The number of rotatable bonds is 4. The lowest BCUT2D eigenvalue weighted by Crippen LogP contribution is -2.28. The van der Waals surface area contributed by atoms with Crippen molar-refractivity contribution in [1.29, 1.82) is 0 Å². The molecule has 1 saturated heterocycles. The molecule has 0 radical (unpaired) electrons. The molecule has 0 amide bonds. The number of benzene rings is 1. The van der Waals surface area contributed by atoms with Crippen molar-refractivity contribution in [2.75, 3.05) is 19.7 Å². The van der Waals surface area contributed by atoms with Crippen molar-refractivity contribution in [3.8, 4) is 5.75 Å². The van der Waals surface area contributed by atoms with Crippen LogP contribution in [0.15, 0.2) is 36.5 Å². The molecule has 0 aliphatic carbocycles. The van der Waals surface area contributed by atoms with Crippen molar-refractivity contribution in [3.05, 3.63) is 36.5 Å². The monoisotopic (exact) mass is 256 g/mol. The van der Waals surface area contributed by atoms with Gasteiger partial charge in [-0.1, -0.05) is 18.2 Å². The van der Waals surface area contributed by atoms with Crippen LogP contribution >= 0.6 is 0 Å². The molecule has 3 heteroatoms. The quantitative estimate of drug-likeness (QED) is 0.913. The first-order chi connectivity index (χ1) is 9.42. The van der Waals surface area contributed by atoms with Gasteiger partial charge in [-0.2, -0.15) is 0 Å². The number of nitrogens with zero attached hydrogens (tertiary/aromatic N) is 1. The van der Waals surface area contributed by atoms with E-state index in [1.165, 1.54) is 12.8 Å². The van der Waals surface area contributed by atoms with Crippen molar-refractivity contribution < 1.29 is 4.74 Å². The summed E-state index contributed by atoms with van der Waals surface area (Å²) in [4.78, 5) is 4.41. The number of hydrogen-bond donors (Lipinski definition) is 1. The van der Waals surface area contributed by atoms with Gasteiger partial charge < -0.3 is 10.1 Å². The Morgan fingerprint density at radius 3 is 2.95 bits per heavy atom. The summed E-state index contributed by atoms with van der Waals surface area (Å²) < 4.78 is 5.83. The maximum absolute atomic E-state index is 5.83. The molecule has 1 aliphatic heterocycles. The van der Waals surface area contributed by atoms with Gasteiger partial charge in [0, 0.05) is 5.39 Å². The van der Waals surface area contributed by atoms with Gasteiger partial charge in [0.25, 0.3) is 0 Å². The van der Waals surface area contributed by atoms with Crippen molar-refractivity contribution in [2.45, 2.75) is 19.3 Å². The van der Waals surface area contributed by atoms with Crippen LogP contribution in [0.2, 0.25) is 0 Å². The van der Waals surface area contributed by atoms with Gasteiger partial charge in [0.2, 0.25) is 0 Å². The first-order valence-electron chi connectivity index (χ1n) is 7.10. The average molecular weight is 256 g/mol. The lowest BCUT2D eigenvalue weighted by atomic mass is 9.95. The van der Waals surface area contributed by atoms with Gasteiger partial charge in [0.15, 0.2) is 0 Å². The van der Waals surface area contributed by atoms with Crippen LogP contribution in [-0.2, 0) is 0 Å². The minimum Gasteiger partial charge on any atom is -0.492 e. The SMILES string of the molecule is c1ccc2ncc(OCCC3CCNCC3)cc2c1. The second-order valence-electron chi connectivity index (χ2n) is 5.19. The largest absolute Gasteiger partial charge is 0.492 e. The highest BCUT2D eigenvalue weighted by molar-refractivity contribution is 5.79. The fraction of sp³-hybridized carbons (Fsp3) is 0.438. The van der Waals surface area contributed by atoms with Crippen LogP contribution in [-0.4, -0.2) is 24.7 Å². The molecule has 0 bridgehead atoms. The number of pyridine rings is 1. The third-order valence-corrected chi connectivity index (χ3v) is 3.82. The molecule has 1 fully saturated rings. The number of para-hydroxylation sites is 1. The highest BCUT2D eigenvalue weighted by Crippen LogP contribution is 2.20.